The van der Waals surface area contributed by atoms with Crippen LogP contribution in [0.1, 0.15) is 112 Å². The van der Waals surface area contributed by atoms with Crippen LogP contribution in [-0.2, 0) is 48.2 Å². The number of unbranched alkanes of at least 4 members (excludes halogenated alkanes) is 2. The molecule has 422 valence electrons. The summed E-state index contributed by atoms with van der Waals surface area (Å²) in [5, 5.41) is 7.13. The van der Waals surface area contributed by atoms with E-state index in [1.165, 1.54) is 0 Å². The van der Waals surface area contributed by atoms with Crippen molar-refractivity contribution in [2.75, 3.05) is 51.0 Å². The standard InChI is InChI=1S/C64H72Cl2N4O8S2/c65-58-21-19-50(39-45(58)43-75-63(25-26-63)56-41-67-30-23-52(56)54-11-3-5-13-60(54)77-48-15-16-48)79-37-35-73-33-8-10-47(71)9-2-1-7-29-69-62(72)70-32-34-74-36-38-80-51-20-22-59(66)46(40-51)44-76-64(27-28-64)57-42-68-31-24-53(57)55-12-4-6-14-61(55)78-49-17-18-49/h3-6,11-14,19-24,30-31,39-42,48-49H,1-2,7-10,15-18,25-29,32-38,43-44H2,(H2,69,70,72). The topological polar surface area (TPSA) is 139 Å². The van der Waals surface area contributed by atoms with Crippen LogP contribution in [0.15, 0.2) is 132 Å². The molecule has 0 unspecified atom stereocenters. The normalized spacial score (nSPS) is 15.8. The van der Waals surface area contributed by atoms with Gasteiger partial charge in [0, 0.05) is 111 Å². The summed E-state index contributed by atoms with van der Waals surface area (Å²) in [5.74, 6) is 3.61. The fraction of sp³-hybridized carbons (Fsp3) is 0.438. The number of hydrogen-bond acceptors (Lipinski definition) is 12. The Morgan fingerprint density at radius 1 is 0.550 bits per heavy atom. The summed E-state index contributed by atoms with van der Waals surface area (Å²) >= 11 is 16.8. The summed E-state index contributed by atoms with van der Waals surface area (Å²) in [6.45, 7) is 3.86. The molecule has 80 heavy (non-hydrogen) atoms. The number of halogens is 2. The van der Waals surface area contributed by atoms with E-state index in [2.05, 4.69) is 75.2 Å². The molecule has 4 saturated carbocycles. The second kappa shape index (κ2) is 28.7. The van der Waals surface area contributed by atoms with Crippen LogP contribution in [0.3, 0.4) is 0 Å². The summed E-state index contributed by atoms with van der Waals surface area (Å²) in [6.07, 6.45) is 20.5. The molecule has 2 amide bonds. The maximum atomic E-state index is 12.5. The fourth-order valence-electron chi connectivity index (χ4n) is 9.71. The van der Waals surface area contributed by atoms with Crippen LogP contribution < -0.4 is 20.1 Å². The molecule has 0 aliphatic heterocycles. The van der Waals surface area contributed by atoms with E-state index in [9.17, 15) is 9.59 Å². The van der Waals surface area contributed by atoms with Gasteiger partial charge in [0.15, 0.2) is 0 Å². The number of benzene rings is 4. The molecule has 4 fully saturated rings. The van der Waals surface area contributed by atoms with Gasteiger partial charge in [-0.25, -0.2) is 4.79 Å². The number of carbonyl (C=O) groups is 2. The molecule has 0 saturated heterocycles. The number of nitrogens with zero attached hydrogens (tertiary/aromatic N) is 2. The molecule has 0 atom stereocenters. The number of hydrogen-bond donors (Lipinski definition) is 2. The zero-order valence-electron chi connectivity index (χ0n) is 45.4. The van der Waals surface area contributed by atoms with Gasteiger partial charge < -0.3 is 39.1 Å². The summed E-state index contributed by atoms with van der Waals surface area (Å²) < 4.78 is 37.6. The third kappa shape index (κ3) is 16.7. The zero-order valence-corrected chi connectivity index (χ0v) is 48.5. The molecule has 4 aliphatic carbocycles. The Morgan fingerprint density at radius 2 is 1.05 bits per heavy atom. The molecule has 10 rings (SSSR count). The van der Waals surface area contributed by atoms with Crippen molar-refractivity contribution < 1.29 is 38.0 Å². The average molecular weight is 1160 g/mol. The monoisotopic (exact) mass is 1160 g/mol. The molecule has 0 bridgehead atoms. The summed E-state index contributed by atoms with van der Waals surface area (Å²) in [4.78, 5) is 36.1. The highest BCUT2D eigenvalue weighted by atomic mass is 35.5. The number of amides is 2. The number of rotatable bonds is 35. The number of carbonyl (C=O) groups excluding carboxylic acids is 2. The molecule has 12 nitrogen and oxygen atoms in total. The Kier molecular flexibility index (Phi) is 20.8. The van der Waals surface area contributed by atoms with Gasteiger partial charge in [0.1, 0.15) is 17.3 Å². The maximum absolute atomic E-state index is 12.5. The molecule has 2 heterocycles. The van der Waals surface area contributed by atoms with Gasteiger partial charge in [-0.1, -0.05) is 66.0 Å². The van der Waals surface area contributed by atoms with E-state index >= 15 is 0 Å². The lowest BCUT2D eigenvalue weighted by Gasteiger charge is -2.22. The van der Waals surface area contributed by atoms with Gasteiger partial charge in [0.2, 0.25) is 0 Å². The van der Waals surface area contributed by atoms with Crippen molar-refractivity contribution in [1.29, 1.82) is 0 Å². The molecule has 2 N–H and O–H groups in total. The van der Waals surface area contributed by atoms with Crippen LogP contribution in [-0.4, -0.2) is 85.0 Å². The Morgan fingerprint density at radius 3 is 1.57 bits per heavy atom. The minimum absolute atomic E-state index is 0.216. The van der Waals surface area contributed by atoms with Gasteiger partial charge in [-0.2, -0.15) is 0 Å². The van der Waals surface area contributed by atoms with Crippen LogP contribution in [0.2, 0.25) is 10.0 Å². The highest BCUT2D eigenvalue weighted by molar-refractivity contribution is 7.99. The van der Waals surface area contributed by atoms with E-state index in [4.69, 9.17) is 51.6 Å². The molecular weight excluding hydrogens is 1090 g/mol. The SMILES string of the molecule is O=C(CCCCCNC(=O)NCCOCCSc1ccc(Cl)c(COC2(c3cnccc3-c3ccccc3OC3CC3)CC2)c1)CCCOCCSc1ccc(Cl)c(COC2(c3cnccc3-c3ccccc3OC3CC3)CC2)c1. The third-order valence-electron chi connectivity index (χ3n) is 14.8. The first kappa shape index (κ1) is 58.1. The predicted octanol–water partition coefficient (Wildman–Crippen LogP) is 14.7. The lowest BCUT2D eigenvalue weighted by atomic mass is 9.96. The Labute approximate surface area is 489 Å². The molecule has 0 radical (unpaired) electrons. The highest BCUT2D eigenvalue weighted by Crippen LogP contribution is 2.55. The number of para-hydroxylation sites is 2. The first-order chi connectivity index (χ1) is 39.2. The first-order valence-electron chi connectivity index (χ1n) is 28.4. The highest BCUT2D eigenvalue weighted by Gasteiger charge is 2.49. The fourth-order valence-corrected chi connectivity index (χ4v) is 11.7. The van der Waals surface area contributed by atoms with Crippen molar-refractivity contribution in [2.24, 2.45) is 0 Å². The largest absolute Gasteiger partial charge is 0.490 e. The first-order valence-corrected chi connectivity index (χ1v) is 31.2. The van der Waals surface area contributed by atoms with Crippen LogP contribution in [0, 0.1) is 0 Å². The third-order valence-corrected chi connectivity index (χ3v) is 17.4. The Balaban J connectivity index is 0.531. The van der Waals surface area contributed by atoms with Crippen LogP contribution in [0.5, 0.6) is 11.5 Å². The van der Waals surface area contributed by atoms with E-state index in [1.807, 2.05) is 67.3 Å². The Hall–Kier alpha value is -5.16. The number of ketones is 1. The number of thioether (sulfide) groups is 2. The maximum Gasteiger partial charge on any atom is 0.314 e. The van der Waals surface area contributed by atoms with Gasteiger partial charge in [0.05, 0.1) is 56.4 Å². The number of urea groups is 1. The van der Waals surface area contributed by atoms with Gasteiger partial charge in [-0.3, -0.25) is 14.8 Å². The second-order valence-electron chi connectivity index (χ2n) is 21.1. The Bertz CT molecular complexity index is 2820. The molecule has 0 spiro atoms. The van der Waals surface area contributed by atoms with E-state index < -0.39 is 11.2 Å². The van der Waals surface area contributed by atoms with E-state index in [0.29, 0.717) is 94.2 Å². The lowest BCUT2D eigenvalue weighted by Crippen LogP contribution is -2.37. The number of Topliss-reactive ketones (excluding diaryl/α,β-unsaturated/α-hetero) is 1. The van der Waals surface area contributed by atoms with E-state index in [1.54, 1.807) is 23.5 Å². The second-order valence-corrected chi connectivity index (χ2v) is 24.2. The van der Waals surface area contributed by atoms with Crippen molar-refractivity contribution in [3.63, 3.8) is 0 Å². The molecule has 4 aliphatic rings. The minimum Gasteiger partial charge on any atom is -0.490 e. The molecule has 6 aromatic rings. The summed E-state index contributed by atoms with van der Waals surface area (Å²) in [5.41, 5.74) is 7.59. The van der Waals surface area contributed by atoms with Crippen molar-refractivity contribution >= 4 is 58.5 Å². The van der Waals surface area contributed by atoms with Gasteiger partial charge in [-0.05, 0) is 154 Å². The minimum atomic E-state index is -0.413. The zero-order chi connectivity index (χ0) is 55.0. The van der Waals surface area contributed by atoms with Crippen LogP contribution in [0.4, 0.5) is 4.79 Å². The number of nitrogens with one attached hydrogen (secondary N) is 2. The van der Waals surface area contributed by atoms with E-state index in [-0.39, 0.29) is 11.8 Å². The quantitative estimate of drug-likeness (QED) is 0.0289. The van der Waals surface area contributed by atoms with Gasteiger partial charge in [-0.15, -0.1) is 23.5 Å². The average Bonchev–Trinajstić information content (AvgIpc) is 4.39. The van der Waals surface area contributed by atoms with Crippen molar-refractivity contribution in [3.8, 4) is 33.8 Å². The van der Waals surface area contributed by atoms with Crippen molar-refractivity contribution in [1.82, 2.24) is 20.6 Å². The van der Waals surface area contributed by atoms with Crippen LogP contribution in [0.25, 0.3) is 22.3 Å². The van der Waals surface area contributed by atoms with E-state index in [0.717, 1.165) is 148 Å². The smallest absolute Gasteiger partial charge is 0.314 e. The number of aromatic nitrogens is 2. The molecule has 16 heteroatoms. The van der Waals surface area contributed by atoms with Crippen LogP contribution >= 0.6 is 46.7 Å². The van der Waals surface area contributed by atoms with Crippen molar-refractivity contribution in [2.45, 2.75) is 136 Å². The molecule has 2 aromatic heterocycles. The number of pyridine rings is 2. The predicted molar refractivity (Wildman–Crippen MR) is 318 cm³/mol. The van der Waals surface area contributed by atoms with Gasteiger partial charge in [0.25, 0.3) is 0 Å². The molecule has 4 aromatic carbocycles. The molecular formula is C64H72Cl2N4O8S2. The summed E-state index contributed by atoms with van der Waals surface area (Å²) in [7, 11) is 0. The summed E-state index contributed by atoms with van der Waals surface area (Å²) in [6, 6.07) is 32.5. The van der Waals surface area contributed by atoms with Gasteiger partial charge >= 0.3 is 6.03 Å². The van der Waals surface area contributed by atoms with Crippen molar-refractivity contribution in [3.05, 3.63) is 154 Å². The number of ether oxygens (including phenoxy) is 6. The lowest BCUT2D eigenvalue weighted by molar-refractivity contribution is -0.119.